The van der Waals surface area contributed by atoms with Crippen LogP contribution in [0.15, 0.2) is 18.2 Å². The zero-order valence-electron chi connectivity index (χ0n) is 11.8. The monoisotopic (exact) mass is 295 g/mol. The molecule has 0 aliphatic carbocycles. The predicted octanol–water partition coefficient (Wildman–Crippen LogP) is 3.15. The minimum Gasteiger partial charge on any atom is -0.444 e. The second-order valence-electron chi connectivity index (χ2n) is 5.16. The van der Waals surface area contributed by atoms with Crippen LogP contribution >= 0.6 is 11.6 Å². The third kappa shape index (κ3) is 5.81. The van der Waals surface area contributed by atoms with Crippen LogP contribution in [-0.4, -0.2) is 24.8 Å². The fraction of sp³-hybridized carbons (Fsp3) is 0.429. The molecule has 0 radical (unpaired) electrons. The van der Waals surface area contributed by atoms with Gasteiger partial charge >= 0.3 is 6.09 Å². The van der Waals surface area contributed by atoms with Crippen LogP contribution in [0, 0.1) is 11.3 Å². The van der Waals surface area contributed by atoms with Crippen molar-refractivity contribution in [2.45, 2.75) is 26.4 Å². The van der Waals surface area contributed by atoms with Crippen LogP contribution in [0.25, 0.3) is 0 Å². The van der Waals surface area contributed by atoms with Crippen molar-refractivity contribution in [3.05, 3.63) is 28.8 Å². The maximum Gasteiger partial charge on any atom is 0.407 e. The first kappa shape index (κ1) is 16.1. The second-order valence-corrected chi connectivity index (χ2v) is 5.59. The third-order valence-electron chi connectivity index (χ3n) is 2.21. The minimum atomic E-state index is -0.512. The number of hydrogen-bond acceptors (Lipinski definition) is 4. The van der Waals surface area contributed by atoms with Gasteiger partial charge in [0.2, 0.25) is 0 Å². The van der Waals surface area contributed by atoms with Crippen molar-refractivity contribution in [2.24, 2.45) is 0 Å². The number of nitrogens with one attached hydrogen (secondary N) is 2. The molecule has 2 N–H and O–H groups in total. The van der Waals surface area contributed by atoms with Crippen LogP contribution in [0.5, 0.6) is 0 Å². The van der Waals surface area contributed by atoms with E-state index in [1.807, 2.05) is 0 Å². The van der Waals surface area contributed by atoms with Crippen molar-refractivity contribution in [1.29, 1.82) is 5.26 Å². The number of amides is 1. The second kappa shape index (κ2) is 7.01. The number of carbonyl (C=O) groups is 1. The number of ether oxygens (including phenoxy) is 1. The number of nitrogens with zero attached hydrogens (tertiary/aromatic N) is 1. The standard InChI is InChI=1S/C14H18ClN3O2/c1-14(2,3)20-13(19)18-7-6-17-12-5-4-11(15)8-10(12)9-16/h4-5,8,17H,6-7H2,1-3H3,(H,18,19). The van der Waals surface area contributed by atoms with E-state index < -0.39 is 11.7 Å². The Morgan fingerprint density at radius 2 is 2.10 bits per heavy atom. The molecule has 1 aromatic rings. The Morgan fingerprint density at radius 3 is 2.70 bits per heavy atom. The van der Waals surface area contributed by atoms with E-state index in [0.29, 0.717) is 29.4 Å². The molecule has 0 heterocycles. The Labute approximate surface area is 123 Å². The summed E-state index contributed by atoms with van der Waals surface area (Å²) in [6, 6.07) is 7.08. The van der Waals surface area contributed by atoms with Crippen LogP contribution < -0.4 is 10.6 Å². The van der Waals surface area contributed by atoms with Gasteiger partial charge in [0.05, 0.1) is 11.3 Å². The average Bonchev–Trinajstić information content (AvgIpc) is 2.33. The Balaban J connectivity index is 2.39. The van der Waals surface area contributed by atoms with Gasteiger partial charge in [0.1, 0.15) is 11.7 Å². The predicted molar refractivity (Wildman–Crippen MR) is 78.9 cm³/mol. The SMILES string of the molecule is CC(C)(C)OC(=O)NCCNc1ccc(Cl)cc1C#N. The average molecular weight is 296 g/mol. The van der Waals surface area contributed by atoms with E-state index in [0.717, 1.165) is 0 Å². The first-order chi connectivity index (χ1) is 9.31. The Bertz CT molecular complexity index is 518. The van der Waals surface area contributed by atoms with E-state index in [-0.39, 0.29) is 0 Å². The summed E-state index contributed by atoms with van der Waals surface area (Å²) in [4.78, 5) is 11.4. The highest BCUT2D eigenvalue weighted by Crippen LogP contribution is 2.19. The highest BCUT2D eigenvalue weighted by Gasteiger charge is 2.15. The van der Waals surface area contributed by atoms with E-state index in [1.165, 1.54) is 0 Å². The molecule has 0 aromatic heterocycles. The van der Waals surface area contributed by atoms with Gasteiger partial charge in [-0.3, -0.25) is 0 Å². The molecule has 0 aliphatic rings. The quantitative estimate of drug-likeness (QED) is 0.837. The maximum absolute atomic E-state index is 11.4. The molecule has 0 atom stereocenters. The van der Waals surface area contributed by atoms with Gasteiger partial charge in [0.25, 0.3) is 0 Å². The molecule has 0 unspecified atom stereocenters. The third-order valence-corrected chi connectivity index (χ3v) is 2.45. The molecule has 1 amide bonds. The van der Waals surface area contributed by atoms with Crippen molar-refractivity contribution in [2.75, 3.05) is 18.4 Å². The zero-order valence-corrected chi connectivity index (χ0v) is 12.5. The molecule has 6 heteroatoms. The summed E-state index contributed by atoms with van der Waals surface area (Å²) in [6.07, 6.45) is -0.462. The topological polar surface area (TPSA) is 74.2 Å². The number of hydrogen-bond donors (Lipinski definition) is 2. The van der Waals surface area contributed by atoms with Crippen LogP contribution in [0.2, 0.25) is 5.02 Å². The molecule has 1 aromatic carbocycles. The van der Waals surface area contributed by atoms with Crippen molar-refractivity contribution in [3.63, 3.8) is 0 Å². The Morgan fingerprint density at radius 1 is 1.40 bits per heavy atom. The van der Waals surface area contributed by atoms with Gasteiger partial charge in [0.15, 0.2) is 0 Å². The van der Waals surface area contributed by atoms with Crippen molar-refractivity contribution in [3.8, 4) is 6.07 Å². The summed E-state index contributed by atoms with van der Waals surface area (Å²) in [5.74, 6) is 0. The first-order valence-electron chi connectivity index (χ1n) is 6.22. The molecule has 0 saturated heterocycles. The number of benzene rings is 1. The van der Waals surface area contributed by atoms with E-state index in [2.05, 4.69) is 16.7 Å². The summed E-state index contributed by atoms with van der Waals surface area (Å²) >= 11 is 5.81. The molecule has 1 rings (SSSR count). The minimum absolute atomic E-state index is 0.391. The molecule has 20 heavy (non-hydrogen) atoms. The molecular weight excluding hydrogens is 278 g/mol. The lowest BCUT2D eigenvalue weighted by Gasteiger charge is -2.19. The van der Waals surface area contributed by atoms with Gasteiger partial charge in [-0.15, -0.1) is 0 Å². The Kier molecular flexibility index (Phi) is 5.66. The smallest absolute Gasteiger partial charge is 0.407 e. The number of rotatable bonds is 4. The molecule has 108 valence electrons. The van der Waals surface area contributed by atoms with Gasteiger partial charge in [-0.2, -0.15) is 5.26 Å². The van der Waals surface area contributed by atoms with Crippen LogP contribution in [-0.2, 0) is 4.74 Å². The van der Waals surface area contributed by atoms with E-state index in [9.17, 15) is 4.79 Å². The van der Waals surface area contributed by atoms with E-state index in [4.69, 9.17) is 21.6 Å². The van der Waals surface area contributed by atoms with Gasteiger partial charge in [0, 0.05) is 18.1 Å². The van der Waals surface area contributed by atoms with Crippen molar-refractivity contribution in [1.82, 2.24) is 5.32 Å². The number of carbonyl (C=O) groups excluding carboxylic acids is 1. The van der Waals surface area contributed by atoms with E-state index >= 15 is 0 Å². The number of anilines is 1. The lowest BCUT2D eigenvalue weighted by Crippen LogP contribution is -2.35. The lowest BCUT2D eigenvalue weighted by molar-refractivity contribution is 0.0530. The molecular formula is C14H18ClN3O2. The molecule has 0 spiro atoms. The Hall–Kier alpha value is -1.93. The number of alkyl carbamates (subject to hydrolysis) is 1. The number of halogens is 1. The summed E-state index contributed by atoms with van der Waals surface area (Å²) in [6.45, 7) is 6.28. The van der Waals surface area contributed by atoms with Gasteiger partial charge in [-0.1, -0.05) is 11.6 Å². The van der Waals surface area contributed by atoms with Crippen LogP contribution in [0.3, 0.4) is 0 Å². The van der Waals surface area contributed by atoms with E-state index in [1.54, 1.807) is 39.0 Å². The molecule has 5 nitrogen and oxygen atoms in total. The fourth-order valence-corrected chi connectivity index (χ4v) is 1.61. The maximum atomic E-state index is 11.4. The summed E-state index contributed by atoms with van der Waals surface area (Å²) in [5.41, 5.74) is 0.638. The van der Waals surface area contributed by atoms with Gasteiger partial charge < -0.3 is 15.4 Å². The fourth-order valence-electron chi connectivity index (χ4n) is 1.44. The summed E-state index contributed by atoms with van der Waals surface area (Å²) in [5, 5.41) is 15.2. The summed E-state index contributed by atoms with van der Waals surface area (Å²) in [7, 11) is 0. The largest absolute Gasteiger partial charge is 0.444 e. The molecule has 0 fully saturated rings. The van der Waals surface area contributed by atoms with Crippen molar-refractivity contribution >= 4 is 23.4 Å². The van der Waals surface area contributed by atoms with Crippen LogP contribution in [0.4, 0.5) is 10.5 Å². The highest BCUT2D eigenvalue weighted by atomic mass is 35.5. The summed E-state index contributed by atoms with van der Waals surface area (Å²) < 4.78 is 5.10. The zero-order chi connectivity index (χ0) is 15.2. The number of nitriles is 1. The molecule has 0 saturated carbocycles. The van der Waals surface area contributed by atoms with Crippen LogP contribution in [0.1, 0.15) is 26.3 Å². The van der Waals surface area contributed by atoms with Crippen molar-refractivity contribution < 1.29 is 9.53 Å². The first-order valence-corrected chi connectivity index (χ1v) is 6.60. The van der Waals surface area contributed by atoms with Gasteiger partial charge in [-0.25, -0.2) is 4.79 Å². The molecule has 0 aliphatic heterocycles. The molecule has 0 bridgehead atoms. The lowest BCUT2D eigenvalue weighted by atomic mass is 10.2. The highest BCUT2D eigenvalue weighted by molar-refractivity contribution is 6.30. The normalized spacial score (nSPS) is 10.6. The van der Waals surface area contributed by atoms with Gasteiger partial charge in [-0.05, 0) is 39.0 Å².